The molecule has 0 radical (unpaired) electrons. The number of hydrogen-bond donors (Lipinski definition) is 1. The summed E-state index contributed by atoms with van der Waals surface area (Å²) in [7, 11) is 1.79. The van der Waals surface area contributed by atoms with Gasteiger partial charge in [-0.15, -0.1) is 5.10 Å². The number of aromatic nitrogens is 3. The molecule has 1 N–H and O–H groups in total. The molecule has 118 valence electrons. The van der Waals surface area contributed by atoms with Gasteiger partial charge >= 0.3 is 0 Å². The van der Waals surface area contributed by atoms with Gasteiger partial charge in [0, 0.05) is 26.2 Å². The number of methoxy groups -OCH3 is 1. The molecule has 21 heavy (non-hydrogen) atoms. The monoisotopic (exact) mass is 310 g/mol. The van der Waals surface area contributed by atoms with E-state index in [2.05, 4.69) is 19.7 Å². The number of piperidine rings is 1. The van der Waals surface area contributed by atoms with Crippen molar-refractivity contribution in [3.05, 3.63) is 4.77 Å². The Hall–Kier alpha value is -0.880. The van der Waals surface area contributed by atoms with Crippen molar-refractivity contribution < 1.29 is 4.74 Å². The molecule has 2 fully saturated rings. The van der Waals surface area contributed by atoms with Gasteiger partial charge in [-0.1, -0.05) is 19.3 Å². The Morgan fingerprint density at radius 2 is 2.05 bits per heavy atom. The number of hydrogen-bond acceptors (Lipinski definition) is 4. The van der Waals surface area contributed by atoms with E-state index >= 15 is 0 Å². The van der Waals surface area contributed by atoms with Crippen LogP contribution in [-0.2, 0) is 4.74 Å². The number of anilines is 1. The average molecular weight is 310 g/mol. The first kappa shape index (κ1) is 15.0. The summed E-state index contributed by atoms with van der Waals surface area (Å²) in [6, 6.07) is 0.530. The number of aromatic amines is 1. The molecular formula is C15H26N4OS. The van der Waals surface area contributed by atoms with Crippen molar-refractivity contribution in [1.29, 1.82) is 0 Å². The fraction of sp³-hybridized carbons (Fsp3) is 0.867. The number of nitrogens with zero attached hydrogens (tertiary/aromatic N) is 3. The normalized spacial score (nSPS) is 24.4. The van der Waals surface area contributed by atoms with Crippen LogP contribution in [0.3, 0.4) is 0 Å². The topological polar surface area (TPSA) is 46.1 Å². The third-order valence-corrected chi connectivity index (χ3v) is 5.12. The minimum atomic E-state index is 0.530. The lowest BCUT2D eigenvalue weighted by atomic mass is 9.95. The summed E-state index contributed by atoms with van der Waals surface area (Å²) in [5, 5.41) is 7.56. The van der Waals surface area contributed by atoms with Crippen LogP contribution in [0, 0.1) is 10.7 Å². The van der Waals surface area contributed by atoms with Crippen molar-refractivity contribution in [1.82, 2.24) is 14.8 Å². The maximum atomic E-state index is 5.50. The van der Waals surface area contributed by atoms with Gasteiger partial charge in [-0.25, -0.2) is 5.10 Å². The summed E-state index contributed by atoms with van der Waals surface area (Å²) in [5.74, 6) is 1.65. The van der Waals surface area contributed by atoms with Crippen LogP contribution < -0.4 is 4.90 Å². The number of ether oxygens (including phenoxy) is 1. The van der Waals surface area contributed by atoms with Crippen LogP contribution in [0.1, 0.15) is 51.0 Å². The summed E-state index contributed by atoms with van der Waals surface area (Å²) in [6.45, 7) is 2.94. The fourth-order valence-electron chi connectivity index (χ4n) is 3.81. The van der Waals surface area contributed by atoms with Crippen LogP contribution in [0.15, 0.2) is 0 Å². The molecule has 1 saturated heterocycles. The Labute approximate surface area is 131 Å². The Morgan fingerprint density at radius 1 is 1.24 bits per heavy atom. The van der Waals surface area contributed by atoms with Gasteiger partial charge in [0.1, 0.15) is 0 Å². The maximum Gasteiger partial charge on any atom is 0.225 e. The maximum absolute atomic E-state index is 5.50. The van der Waals surface area contributed by atoms with Crippen molar-refractivity contribution in [3.63, 3.8) is 0 Å². The van der Waals surface area contributed by atoms with Gasteiger partial charge in [-0.05, 0) is 43.8 Å². The van der Waals surface area contributed by atoms with Crippen molar-refractivity contribution >= 4 is 18.2 Å². The van der Waals surface area contributed by atoms with E-state index in [9.17, 15) is 0 Å². The lowest BCUT2D eigenvalue weighted by Gasteiger charge is -2.34. The lowest BCUT2D eigenvalue weighted by Crippen LogP contribution is -2.39. The van der Waals surface area contributed by atoms with Gasteiger partial charge in [0.15, 0.2) is 4.77 Å². The lowest BCUT2D eigenvalue weighted by molar-refractivity contribution is 0.142. The zero-order valence-electron chi connectivity index (χ0n) is 12.9. The number of nitrogens with one attached hydrogen (secondary N) is 1. The standard InChI is InChI=1S/C15H26N4OS/c1-20-11-12-6-5-9-18(10-12)14-16-17-15(21)19(14)13-7-3-2-4-8-13/h12-13H,2-11H2,1H3,(H,17,21). The van der Waals surface area contributed by atoms with Crippen molar-refractivity contribution in [2.75, 3.05) is 31.7 Å². The summed E-state index contributed by atoms with van der Waals surface area (Å²) in [4.78, 5) is 2.40. The van der Waals surface area contributed by atoms with Gasteiger partial charge in [0.25, 0.3) is 0 Å². The Bertz CT molecular complexity index is 504. The predicted octanol–water partition coefficient (Wildman–Crippen LogP) is 3.31. The fourth-order valence-corrected chi connectivity index (χ4v) is 4.08. The highest BCUT2D eigenvalue weighted by Gasteiger charge is 2.26. The average Bonchev–Trinajstić information content (AvgIpc) is 2.90. The molecule has 6 heteroatoms. The summed E-state index contributed by atoms with van der Waals surface area (Å²) < 4.78 is 8.40. The molecule has 1 aromatic rings. The number of rotatable bonds is 4. The largest absolute Gasteiger partial charge is 0.384 e. The van der Waals surface area contributed by atoms with Crippen LogP contribution >= 0.6 is 12.2 Å². The molecule has 5 nitrogen and oxygen atoms in total. The smallest absolute Gasteiger partial charge is 0.225 e. The van der Waals surface area contributed by atoms with E-state index in [1.54, 1.807) is 7.11 Å². The van der Waals surface area contributed by atoms with Gasteiger partial charge in [0.2, 0.25) is 5.95 Å². The Balaban J connectivity index is 1.80. The van der Waals surface area contributed by atoms with E-state index in [4.69, 9.17) is 17.0 Å². The van der Waals surface area contributed by atoms with E-state index in [0.717, 1.165) is 30.4 Å². The molecule has 1 unspecified atom stereocenters. The molecule has 0 bridgehead atoms. The van der Waals surface area contributed by atoms with E-state index in [-0.39, 0.29) is 0 Å². The summed E-state index contributed by atoms with van der Waals surface area (Å²) in [6.07, 6.45) is 8.90. The molecule has 0 amide bonds. The molecule has 1 saturated carbocycles. The zero-order valence-corrected chi connectivity index (χ0v) is 13.7. The van der Waals surface area contributed by atoms with Crippen LogP contribution in [0.25, 0.3) is 0 Å². The molecular weight excluding hydrogens is 284 g/mol. The zero-order chi connectivity index (χ0) is 14.7. The van der Waals surface area contributed by atoms with E-state index < -0.39 is 0 Å². The second-order valence-electron chi connectivity index (χ2n) is 6.40. The second-order valence-corrected chi connectivity index (χ2v) is 6.79. The predicted molar refractivity (Wildman–Crippen MR) is 86.3 cm³/mol. The van der Waals surface area contributed by atoms with Crippen molar-refractivity contribution in [3.8, 4) is 0 Å². The van der Waals surface area contributed by atoms with Crippen LogP contribution in [0.4, 0.5) is 5.95 Å². The van der Waals surface area contributed by atoms with Crippen molar-refractivity contribution in [2.45, 2.75) is 51.0 Å². The molecule has 0 aromatic carbocycles. The molecule has 1 atom stereocenters. The summed E-state index contributed by atoms with van der Waals surface area (Å²) in [5.41, 5.74) is 0. The summed E-state index contributed by atoms with van der Waals surface area (Å²) >= 11 is 5.50. The molecule has 1 aliphatic carbocycles. The second kappa shape index (κ2) is 6.92. The third kappa shape index (κ3) is 3.31. The molecule has 0 spiro atoms. The molecule has 1 aromatic heterocycles. The van der Waals surface area contributed by atoms with Crippen molar-refractivity contribution in [2.24, 2.45) is 5.92 Å². The van der Waals surface area contributed by atoms with E-state index in [0.29, 0.717) is 12.0 Å². The highest BCUT2D eigenvalue weighted by Crippen LogP contribution is 2.32. The highest BCUT2D eigenvalue weighted by atomic mass is 32.1. The quantitative estimate of drug-likeness (QED) is 0.867. The Kier molecular flexibility index (Phi) is 4.95. The minimum absolute atomic E-state index is 0.530. The van der Waals surface area contributed by atoms with Gasteiger partial charge in [0.05, 0.1) is 6.61 Å². The minimum Gasteiger partial charge on any atom is -0.384 e. The van der Waals surface area contributed by atoms with Gasteiger partial charge in [-0.2, -0.15) is 0 Å². The number of H-pyrrole nitrogens is 1. The first-order valence-corrected chi connectivity index (χ1v) is 8.61. The van der Waals surface area contributed by atoms with E-state index in [1.165, 1.54) is 44.9 Å². The van der Waals surface area contributed by atoms with E-state index in [1.807, 2.05) is 0 Å². The molecule has 2 heterocycles. The van der Waals surface area contributed by atoms with Crippen LogP contribution in [0.5, 0.6) is 0 Å². The van der Waals surface area contributed by atoms with Crippen LogP contribution in [-0.4, -0.2) is 41.6 Å². The SMILES string of the molecule is COCC1CCCN(c2n[nH]c(=S)n2C2CCCCC2)C1. The first-order chi connectivity index (χ1) is 10.3. The Morgan fingerprint density at radius 3 is 2.81 bits per heavy atom. The first-order valence-electron chi connectivity index (χ1n) is 8.20. The molecule has 3 rings (SSSR count). The molecule has 1 aliphatic heterocycles. The van der Waals surface area contributed by atoms with Gasteiger partial charge in [-0.3, -0.25) is 4.57 Å². The van der Waals surface area contributed by atoms with Crippen LogP contribution in [0.2, 0.25) is 0 Å². The molecule has 2 aliphatic rings. The highest BCUT2D eigenvalue weighted by molar-refractivity contribution is 7.71. The van der Waals surface area contributed by atoms with Gasteiger partial charge < -0.3 is 9.64 Å². The third-order valence-electron chi connectivity index (χ3n) is 4.83.